The van der Waals surface area contributed by atoms with Crippen LogP contribution in [0.5, 0.6) is 0 Å². The van der Waals surface area contributed by atoms with Crippen molar-refractivity contribution in [3.63, 3.8) is 0 Å². The van der Waals surface area contributed by atoms with E-state index in [2.05, 4.69) is 10.3 Å². The van der Waals surface area contributed by atoms with Gasteiger partial charge in [0.25, 0.3) is 5.91 Å². The van der Waals surface area contributed by atoms with E-state index in [1.54, 1.807) is 48.7 Å². The number of hydrogen-bond acceptors (Lipinski definition) is 4. The minimum atomic E-state index is -3.48. The molecule has 0 bridgehead atoms. The molecule has 6 nitrogen and oxygen atoms in total. The molecule has 3 rings (SSSR count). The molecule has 0 saturated heterocycles. The summed E-state index contributed by atoms with van der Waals surface area (Å²) >= 11 is 0. The molecule has 7 heteroatoms. The molecule has 3 aromatic rings. The van der Waals surface area contributed by atoms with E-state index in [1.807, 2.05) is 30.3 Å². The van der Waals surface area contributed by atoms with Gasteiger partial charge in [-0.1, -0.05) is 36.4 Å². The van der Waals surface area contributed by atoms with E-state index in [1.165, 1.54) is 4.31 Å². The fourth-order valence-corrected chi connectivity index (χ4v) is 3.44. The summed E-state index contributed by atoms with van der Waals surface area (Å²) in [4.78, 5) is 16.3. The molecular formula is C20H19N3O3S. The highest BCUT2D eigenvalue weighted by molar-refractivity contribution is 7.92. The predicted molar refractivity (Wildman–Crippen MR) is 106 cm³/mol. The van der Waals surface area contributed by atoms with Crippen molar-refractivity contribution in [2.24, 2.45) is 0 Å². The largest absolute Gasteiger partial charge is 0.307 e. The molecule has 1 amide bonds. The van der Waals surface area contributed by atoms with Gasteiger partial charge >= 0.3 is 0 Å². The van der Waals surface area contributed by atoms with Gasteiger partial charge in [-0.25, -0.2) is 13.4 Å². The second kappa shape index (κ2) is 8.01. The normalized spacial score (nSPS) is 11.0. The van der Waals surface area contributed by atoms with Crippen molar-refractivity contribution in [1.82, 2.24) is 4.98 Å². The SMILES string of the molecule is CS(=O)(=O)N(Cc1ccccc1)c1ccc(C(=O)Nc2ccccn2)cc1. The fraction of sp³-hybridized carbons (Fsp3) is 0.100. The van der Waals surface area contributed by atoms with Crippen molar-refractivity contribution in [2.75, 3.05) is 15.9 Å². The van der Waals surface area contributed by atoms with Gasteiger partial charge in [0.15, 0.2) is 0 Å². The molecule has 138 valence electrons. The minimum absolute atomic E-state index is 0.221. The third-order valence-electron chi connectivity index (χ3n) is 3.89. The lowest BCUT2D eigenvalue weighted by Gasteiger charge is -2.22. The summed E-state index contributed by atoms with van der Waals surface area (Å²) in [5.41, 5.74) is 1.79. The molecule has 1 aromatic heterocycles. The Kier molecular flexibility index (Phi) is 5.52. The van der Waals surface area contributed by atoms with E-state index in [4.69, 9.17) is 0 Å². The van der Waals surface area contributed by atoms with Crippen LogP contribution in [0.25, 0.3) is 0 Å². The number of pyridine rings is 1. The van der Waals surface area contributed by atoms with Crippen LogP contribution in [0.2, 0.25) is 0 Å². The molecule has 2 aromatic carbocycles. The number of nitrogens with zero attached hydrogens (tertiary/aromatic N) is 2. The summed E-state index contributed by atoms with van der Waals surface area (Å²) in [6, 6.07) is 21.0. The maximum Gasteiger partial charge on any atom is 0.256 e. The lowest BCUT2D eigenvalue weighted by molar-refractivity contribution is 0.102. The third kappa shape index (κ3) is 4.92. The fourth-order valence-electron chi connectivity index (χ4n) is 2.55. The van der Waals surface area contributed by atoms with Crippen LogP contribution in [0.15, 0.2) is 79.0 Å². The molecular weight excluding hydrogens is 362 g/mol. The van der Waals surface area contributed by atoms with E-state index in [-0.39, 0.29) is 12.5 Å². The maximum absolute atomic E-state index is 12.3. The minimum Gasteiger partial charge on any atom is -0.307 e. The van der Waals surface area contributed by atoms with Crippen molar-refractivity contribution in [1.29, 1.82) is 0 Å². The van der Waals surface area contributed by atoms with Crippen molar-refractivity contribution < 1.29 is 13.2 Å². The Morgan fingerprint density at radius 2 is 1.63 bits per heavy atom. The Morgan fingerprint density at radius 3 is 2.22 bits per heavy atom. The molecule has 0 radical (unpaired) electrons. The number of aromatic nitrogens is 1. The first-order chi connectivity index (χ1) is 12.9. The molecule has 1 heterocycles. The Hall–Kier alpha value is -3.19. The van der Waals surface area contributed by atoms with E-state index in [9.17, 15) is 13.2 Å². The van der Waals surface area contributed by atoms with Crippen LogP contribution >= 0.6 is 0 Å². The number of hydrogen-bond donors (Lipinski definition) is 1. The van der Waals surface area contributed by atoms with Crippen molar-refractivity contribution in [3.05, 3.63) is 90.1 Å². The Morgan fingerprint density at radius 1 is 0.963 bits per heavy atom. The third-order valence-corrected chi connectivity index (χ3v) is 5.03. The molecule has 0 aliphatic heterocycles. The molecule has 0 aliphatic carbocycles. The molecule has 0 fully saturated rings. The number of carbonyl (C=O) groups excluding carboxylic acids is 1. The quantitative estimate of drug-likeness (QED) is 0.710. The Balaban J connectivity index is 1.80. The molecule has 0 spiro atoms. The van der Waals surface area contributed by atoms with Gasteiger partial charge in [-0.05, 0) is 42.0 Å². The first-order valence-corrected chi connectivity index (χ1v) is 10.1. The van der Waals surface area contributed by atoms with Crippen LogP contribution in [0, 0.1) is 0 Å². The topological polar surface area (TPSA) is 79.4 Å². The van der Waals surface area contributed by atoms with Crippen LogP contribution in [0.3, 0.4) is 0 Å². The summed E-state index contributed by atoms with van der Waals surface area (Å²) in [5.74, 6) is 0.141. The average Bonchev–Trinajstić information content (AvgIpc) is 2.67. The van der Waals surface area contributed by atoms with Crippen LogP contribution < -0.4 is 9.62 Å². The van der Waals surface area contributed by atoms with E-state index in [0.717, 1.165) is 11.8 Å². The summed E-state index contributed by atoms with van der Waals surface area (Å²) in [5, 5.41) is 2.70. The second-order valence-corrected chi connectivity index (χ2v) is 7.88. The van der Waals surface area contributed by atoms with Crippen LogP contribution in [-0.4, -0.2) is 25.6 Å². The van der Waals surface area contributed by atoms with Gasteiger partial charge in [0.05, 0.1) is 18.5 Å². The van der Waals surface area contributed by atoms with E-state index in [0.29, 0.717) is 17.1 Å². The lowest BCUT2D eigenvalue weighted by Crippen LogP contribution is -2.29. The zero-order valence-corrected chi connectivity index (χ0v) is 15.6. The zero-order valence-electron chi connectivity index (χ0n) is 14.7. The summed E-state index contributed by atoms with van der Waals surface area (Å²) < 4.78 is 25.8. The number of nitrogens with one attached hydrogen (secondary N) is 1. The molecule has 0 unspecified atom stereocenters. The van der Waals surface area contributed by atoms with Gasteiger partial charge in [-0.15, -0.1) is 0 Å². The number of anilines is 2. The average molecular weight is 381 g/mol. The van der Waals surface area contributed by atoms with Crippen LogP contribution in [0.1, 0.15) is 15.9 Å². The van der Waals surface area contributed by atoms with Gasteiger partial charge in [0.2, 0.25) is 10.0 Å². The van der Waals surface area contributed by atoms with Crippen molar-refractivity contribution >= 4 is 27.4 Å². The van der Waals surface area contributed by atoms with Crippen LogP contribution in [-0.2, 0) is 16.6 Å². The second-order valence-electron chi connectivity index (χ2n) is 5.97. The standard InChI is InChI=1S/C20H19N3O3S/c1-27(25,26)23(15-16-7-3-2-4-8-16)18-12-10-17(11-13-18)20(24)22-19-9-5-6-14-21-19/h2-14H,15H2,1H3,(H,21,22,24). The smallest absolute Gasteiger partial charge is 0.256 e. The highest BCUT2D eigenvalue weighted by atomic mass is 32.2. The van der Waals surface area contributed by atoms with Gasteiger partial charge < -0.3 is 5.32 Å². The number of benzene rings is 2. The number of rotatable bonds is 6. The van der Waals surface area contributed by atoms with Crippen molar-refractivity contribution in [3.8, 4) is 0 Å². The highest BCUT2D eigenvalue weighted by Gasteiger charge is 2.18. The maximum atomic E-state index is 12.3. The predicted octanol–water partition coefficient (Wildman–Crippen LogP) is 3.30. The van der Waals surface area contributed by atoms with Gasteiger partial charge in [-0.2, -0.15) is 0 Å². The molecule has 1 N–H and O–H groups in total. The first kappa shape index (κ1) is 18.6. The molecule has 27 heavy (non-hydrogen) atoms. The summed E-state index contributed by atoms with van der Waals surface area (Å²) in [7, 11) is -3.48. The van der Waals surface area contributed by atoms with Crippen LogP contribution in [0.4, 0.5) is 11.5 Å². The molecule has 0 atom stereocenters. The highest BCUT2D eigenvalue weighted by Crippen LogP contribution is 2.21. The monoisotopic (exact) mass is 381 g/mol. The number of amides is 1. The van der Waals surface area contributed by atoms with E-state index < -0.39 is 10.0 Å². The Labute approximate surface area is 158 Å². The van der Waals surface area contributed by atoms with E-state index >= 15 is 0 Å². The van der Waals surface area contributed by atoms with Gasteiger partial charge in [-0.3, -0.25) is 9.10 Å². The Bertz CT molecular complexity index is 1010. The van der Waals surface area contributed by atoms with Gasteiger partial charge in [0, 0.05) is 11.8 Å². The number of sulfonamides is 1. The zero-order chi connectivity index (χ0) is 19.3. The van der Waals surface area contributed by atoms with Gasteiger partial charge in [0.1, 0.15) is 5.82 Å². The first-order valence-electron chi connectivity index (χ1n) is 8.27. The molecule has 0 saturated carbocycles. The molecule has 0 aliphatic rings. The van der Waals surface area contributed by atoms with Crippen molar-refractivity contribution in [2.45, 2.75) is 6.54 Å². The summed E-state index contributed by atoms with van der Waals surface area (Å²) in [6.45, 7) is 0.221. The number of carbonyl (C=O) groups is 1. The lowest BCUT2D eigenvalue weighted by atomic mass is 10.1. The summed E-state index contributed by atoms with van der Waals surface area (Å²) in [6.07, 6.45) is 2.75.